The van der Waals surface area contributed by atoms with E-state index in [0.717, 1.165) is 22.6 Å². The first-order chi connectivity index (χ1) is 8.26. The largest absolute Gasteiger partial charge is 0.333 e. The molecule has 92 valence electrons. The summed E-state index contributed by atoms with van der Waals surface area (Å²) >= 11 is 5.25. The van der Waals surface area contributed by atoms with Crippen LogP contribution in [-0.2, 0) is 6.54 Å². The molecule has 0 bridgehead atoms. The average Bonchev–Trinajstić information content (AvgIpc) is 2.91. The fraction of sp³-hybridized carbons (Fsp3) is 0.417. The van der Waals surface area contributed by atoms with Crippen LogP contribution < -0.4 is 5.32 Å². The summed E-state index contributed by atoms with van der Waals surface area (Å²) in [5.74, 6) is 1.09. The predicted octanol–water partition coefficient (Wildman–Crippen LogP) is 3.43. The van der Waals surface area contributed by atoms with Gasteiger partial charge in [-0.05, 0) is 41.5 Å². The van der Waals surface area contributed by atoms with Crippen LogP contribution in [0.2, 0.25) is 0 Å². The Morgan fingerprint density at radius 1 is 1.53 bits per heavy atom. The molecule has 2 aromatic rings. The van der Waals surface area contributed by atoms with Crippen molar-refractivity contribution in [1.29, 1.82) is 0 Å². The van der Waals surface area contributed by atoms with Gasteiger partial charge in [0, 0.05) is 23.8 Å². The molecule has 0 fully saturated rings. The van der Waals surface area contributed by atoms with Crippen LogP contribution in [0.25, 0.3) is 0 Å². The van der Waals surface area contributed by atoms with Crippen molar-refractivity contribution in [2.75, 3.05) is 7.05 Å². The number of aryl methyl sites for hydroxylation is 1. The molecule has 3 nitrogen and oxygen atoms in total. The molecule has 1 atom stereocenters. The van der Waals surface area contributed by atoms with Crippen molar-refractivity contribution in [3.05, 3.63) is 39.0 Å². The molecule has 0 aliphatic rings. The molecular formula is C12H16BrN3S. The van der Waals surface area contributed by atoms with E-state index in [-0.39, 0.29) is 6.04 Å². The number of aromatic nitrogens is 2. The van der Waals surface area contributed by atoms with Gasteiger partial charge in [-0.15, -0.1) is 11.3 Å². The van der Waals surface area contributed by atoms with Crippen LogP contribution in [-0.4, -0.2) is 16.6 Å². The normalized spacial score (nSPS) is 12.9. The number of rotatable bonds is 5. The number of thiophene rings is 1. The minimum Gasteiger partial charge on any atom is -0.333 e. The SMILES string of the molecule is CCCn1ccnc1C(NC)c1ccc(Br)s1. The highest BCUT2D eigenvalue weighted by Crippen LogP contribution is 2.30. The van der Waals surface area contributed by atoms with E-state index in [1.54, 1.807) is 11.3 Å². The molecule has 0 amide bonds. The average molecular weight is 314 g/mol. The Bertz CT molecular complexity index is 478. The lowest BCUT2D eigenvalue weighted by molar-refractivity contribution is 0.573. The Labute approximate surface area is 114 Å². The number of imidazole rings is 1. The van der Waals surface area contributed by atoms with Gasteiger partial charge in [-0.2, -0.15) is 0 Å². The zero-order chi connectivity index (χ0) is 12.3. The molecule has 0 saturated heterocycles. The van der Waals surface area contributed by atoms with Gasteiger partial charge >= 0.3 is 0 Å². The van der Waals surface area contributed by atoms with Crippen LogP contribution in [0.15, 0.2) is 28.3 Å². The van der Waals surface area contributed by atoms with Crippen LogP contribution in [0.3, 0.4) is 0 Å². The van der Waals surface area contributed by atoms with E-state index >= 15 is 0 Å². The third-order valence-corrected chi connectivity index (χ3v) is 4.33. The lowest BCUT2D eigenvalue weighted by Gasteiger charge is -2.16. The molecule has 0 radical (unpaired) electrons. The molecule has 0 spiro atoms. The molecule has 0 aromatic carbocycles. The van der Waals surface area contributed by atoms with Gasteiger partial charge in [0.05, 0.1) is 3.79 Å². The van der Waals surface area contributed by atoms with E-state index in [1.165, 1.54) is 4.88 Å². The van der Waals surface area contributed by atoms with Crippen molar-refractivity contribution in [3.63, 3.8) is 0 Å². The topological polar surface area (TPSA) is 29.9 Å². The van der Waals surface area contributed by atoms with Crippen LogP contribution in [0.4, 0.5) is 0 Å². The van der Waals surface area contributed by atoms with Gasteiger partial charge in [-0.25, -0.2) is 4.98 Å². The second-order valence-electron chi connectivity index (χ2n) is 3.84. The standard InChI is InChI=1S/C12H16BrN3S/c1-3-7-16-8-6-15-12(16)11(14-2)9-4-5-10(13)17-9/h4-6,8,11,14H,3,7H2,1-2H3. The Kier molecular flexibility index (Phi) is 4.36. The summed E-state index contributed by atoms with van der Waals surface area (Å²) in [6.45, 7) is 3.19. The van der Waals surface area contributed by atoms with Gasteiger partial charge in [0.2, 0.25) is 0 Å². The highest BCUT2D eigenvalue weighted by atomic mass is 79.9. The van der Waals surface area contributed by atoms with Crippen molar-refractivity contribution in [2.24, 2.45) is 0 Å². The first kappa shape index (κ1) is 12.8. The minimum atomic E-state index is 0.174. The molecule has 0 saturated carbocycles. The van der Waals surface area contributed by atoms with Gasteiger partial charge in [0.25, 0.3) is 0 Å². The molecule has 2 rings (SSSR count). The van der Waals surface area contributed by atoms with E-state index in [1.807, 2.05) is 19.4 Å². The molecule has 1 unspecified atom stereocenters. The monoisotopic (exact) mass is 313 g/mol. The second-order valence-corrected chi connectivity index (χ2v) is 6.34. The Morgan fingerprint density at radius 2 is 2.35 bits per heavy atom. The Balaban J connectivity index is 2.31. The smallest absolute Gasteiger partial charge is 0.131 e. The van der Waals surface area contributed by atoms with Crippen molar-refractivity contribution in [1.82, 2.24) is 14.9 Å². The van der Waals surface area contributed by atoms with Crippen molar-refractivity contribution >= 4 is 27.3 Å². The Hall–Kier alpha value is -0.650. The Morgan fingerprint density at radius 3 is 2.94 bits per heavy atom. The molecule has 2 heterocycles. The number of nitrogens with one attached hydrogen (secondary N) is 1. The summed E-state index contributed by atoms with van der Waals surface area (Å²) in [6, 6.07) is 4.39. The molecule has 2 aromatic heterocycles. The number of hydrogen-bond acceptors (Lipinski definition) is 3. The van der Waals surface area contributed by atoms with Gasteiger partial charge in [0.1, 0.15) is 11.9 Å². The number of halogens is 1. The van der Waals surface area contributed by atoms with Crippen LogP contribution in [0, 0.1) is 0 Å². The molecule has 1 N–H and O–H groups in total. The van der Waals surface area contributed by atoms with Crippen LogP contribution in [0.5, 0.6) is 0 Å². The summed E-state index contributed by atoms with van der Waals surface area (Å²) < 4.78 is 3.37. The zero-order valence-electron chi connectivity index (χ0n) is 9.98. The maximum absolute atomic E-state index is 4.48. The van der Waals surface area contributed by atoms with Crippen molar-refractivity contribution in [3.8, 4) is 0 Å². The molecule has 0 aliphatic carbocycles. The highest BCUT2D eigenvalue weighted by Gasteiger charge is 2.18. The first-order valence-corrected chi connectivity index (χ1v) is 7.30. The van der Waals surface area contributed by atoms with Gasteiger partial charge < -0.3 is 9.88 Å². The fourth-order valence-electron chi connectivity index (χ4n) is 1.89. The third kappa shape index (κ3) is 2.78. The highest BCUT2D eigenvalue weighted by molar-refractivity contribution is 9.11. The number of nitrogens with zero attached hydrogens (tertiary/aromatic N) is 2. The summed E-state index contributed by atoms with van der Waals surface area (Å²) in [5, 5.41) is 3.34. The van der Waals surface area contributed by atoms with Crippen molar-refractivity contribution < 1.29 is 0 Å². The zero-order valence-corrected chi connectivity index (χ0v) is 12.4. The summed E-state index contributed by atoms with van der Waals surface area (Å²) in [7, 11) is 1.98. The lowest BCUT2D eigenvalue weighted by Crippen LogP contribution is -2.21. The molecule has 5 heteroatoms. The van der Waals surface area contributed by atoms with E-state index in [2.05, 4.69) is 49.9 Å². The molecule has 17 heavy (non-hydrogen) atoms. The number of hydrogen-bond donors (Lipinski definition) is 1. The lowest BCUT2D eigenvalue weighted by atomic mass is 10.2. The van der Waals surface area contributed by atoms with Gasteiger partial charge in [0.15, 0.2) is 0 Å². The summed E-state index contributed by atoms with van der Waals surface area (Å²) in [6.07, 6.45) is 5.04. The van der Waals surface area contributed by atoms with Gasteiger partial charge in [-0.3, -0.25) is 0 Å². The van der Waals surface area contributed by atoms with Crippen LogP contribution in [0.1, 0.15) is 30.1 Å². The fourth-order valence-corrected chi connectivity index (χ4v) is 3.42. The van der Waals surface area contributed by atoms with E-state index in [0.29, 0.717) is 0 Å². The summed E-state index contributed by atoms with van der Waals surface area (Å²) in [5.41, 5.74) is 0. The first-order valence-electron chi connectivity index (χ1n) is 5.69. The molecule has 0 aliphatic heterocycles. The van der Waals surface area contributed by atoms with Crippen molar-refractivity contribution in [2.45, 2.75) is 25.9 Å². The third-order valence-electron chi connectivity index (χ3n) is 2.64. The van der Waals surface area contributed by atoms with Gasteiger partial charge in [-0.1, -0.05) is 6.92 Å². The van der Waals surface area contributed by atoms with E-state index in [4.69, 9.17) is 0 Å². The summed E-state index contributed by atoms with van der Waals surface area (Å²) in [4.78, 5) is 5.76. The maximum atomic E-state index is 4.48. The predicted molar refractivity (Wildman–Crippen MR) is 75.4 cm³/mol. The maximum Gasteiger partial charge on any atom is 0.131 e. The van der Waals surface area contributed by atoms with Crippen LogP contribution >= 0.6 is 27.3 Å². The van der Waals surface area contributed by atoms with E-state index in [9.17, 15) is 0 Å². The second kappa shape index (κ2) is 5.80. The quantitative estimate of drug-likeness (QED) is 0.916. The minimum absolute atomic E-state index is 0.174. The van der Waals surface area contributed by atoms with E-state index < -0.39 is 0 Å². The molecular weight excluding hydrogens is 298 g/mol.